The number of hydrogen-bond acceptors (Lipinski definition) is 4. The topological polar surface area (TPSA) is 69.6 Å². The van der Waals surface area contributed by atoms with E-state index in [1.807, 2.05) is 18.2 Å². The summed E-state index contributed by atoms with van der Waals surface area (Å²) >= 11 is 0. The first-order valence-electron chi connectivity index (χ1n) is 8.19. The molecule has 22 heavy (non-hydrogen) atoms. The molecule has 126 valence electrons. The highest BCUT2D eigenvalue weighted by molar-refractivity contribution is 5.63. The number of aliphatic carboxylic acids is 1. The van der Waals surface area contributed by atoms with Gasteiger partial charge in [-0.05, 0) is 32.1 Å². The molecule has 0 amide bonds. The van der Waals surface area contributed by atoms with Crippen LogP contribution in [-0.2, 0) is 9.68 Å². The Morgan fingerprint density at radius 3 is 2.50 bits per heavy atom. The zero-order chi connectivity index (χ0) is 16.5. The van der Waals surface area contributed by atoms with Crippen LogP contribution in [0.25, 0.3) is 0 Å². The third-order valence-corrected chi connectivity index (χ3v) is 3.25. The predicted octanol–water partition coefficient (Wildman–Crippen LogP) is 3.79. The lowest BCUT2D eigenvalue weighted by Crippen LogP contribution is -2.21. The molecule has 1 atom stereocenters. The Bertz CT molecular complexity index is 345. The minimum Gasteiger partial charge on any atom is -0.550 e. The Labute approximate surface area is 134 Å². The van der Waals surface area contributed by atoms with Gasteiger partial charge in [0.15, 0.2) is 0 Å². The fraction of sp³-hybridized carbons (Fsp3) is 0.611. The quantitative estimate of drug-likeness (QED) is 0.174. The third-order valence-electron chi connectivity index (χ3n) is 3.25. The molecule has 0 bridgehead atoms. The van der Waals surface area contributed by atoms with Gasteiger partial charge in [0.05, 0.1) is 0 Å². The maximum absolute atomic E-state index is 10.2. The van der Waals surface area contributed by atoms with Gasteiger partial charge in [0.2, 0.25) is 0 Å². The molecule has 1 N–H and O–H groups in total. The number of unbranched alkanes of at least 4 members (excludes halogenated alkanes) is 4. The fourth-order valence-electron chi connectivity index (χ4n) is 2.02. The molecule has 4 heteroatoms. The summed E-state index contributed by atoms with van der Waals surface area (Å²) in [6.45, 7) is 2.10. The molecule has 0 aliphatic heterocycles. The van der Waals surface area contributed by atoms with E-state index in [0.717, 1.165) is 44.9 Å². The van der Waals surface area contributed by atoms with E-state index in [-0.39, 0.29) is 12.5 Å². The zero-order valence-electron chi connectivity index (χ0n) is 13.6. The smallest absolute Gasteiger partial charge is 0.111 e. The molecule has 0 radical (unpaired) electrons. The van der Waals surface area contributed by atoms with Crippen molar-refractivity contribution in [2.24, 2.45) is 0 Å². The highest BCUT2D eigenvalue weighted by atomic mass is 17.1. The Balaban J connectivity index is 3.65. The van der Waals surface area contributed by atoms with Crippen molar-refractivity contribution in [1.82, 2.24) is 0 Å². The second-order valence-electron chi connectivity index (χ2n) is 5.25. The van der Waals surface area contributed by atoms with Crippen molar-refractivity contribution in [2.75, 3.05) is 0 Å². The molecule has 0 aliphatic carbocycles. The monoisotopic (exact) mass is 309 g/mol. The summed E-state index contributed by atoms with van der Waals surface area (Å²) in [5, 5.41) is 19.1. The van der Waals surface area contributed by atoms with E-state index in [9.17, 15) is 9.90 Å². The number of carbonyl (C=O) groups excluding carboxylic acids is 1. The summed E-state index contributed by atoms with van der Waals surface area (Å²) in [6.07, 6.45) is 19.1. The molecule has 0 aliphatic rings. The lowest BCUT2D eigenvalue weighted by atomic mass is 10.1. The minimum absolute atomic E-state index is 0.144. The van der Waals surface area contributed by atoms with Crippen molar-refractivity contribution in [3.05, 3.63) is 36.5 Å². The normalized spacial score (nSPS) is 13.5. The molecule has 0 fully saturated rings. The molecule has 4 nitrogen and oxygen atoms in total. The number of carboxylic acid groups (broad SMARTS) is 1. The van der Waals surface area contributed by atoms with E-state index in [4.69, 9.17) is 5.26 Å². The summed E-state index contributed by atoms with van der Waals surface area (Å²) in [5.74, 6) is -0.975. The summed E-state index contributed by atoms with van der Waals surface area (Å²) in [7, 11) is 0. The first-order chi connectivity index (χ1) is 10.7. The Morgan fingerprint density at radius 2 is 1.82 bits per heavy atom. The van der Waals surface area contributed by atoms with Crippen LogP contribution in [0, 0.1) is 0 Å². The standard InChI is InChI=1S/C18H30O4/c1-2-3-4-5-6-8-11-14-17(22-21)15-12-9-7-10-13-16-18(19)20/h3-4,6,8,11,14,17,21H,2,5,7,9-10,12-13,15-16H2,1H3,(H,19,20)/p-1/b4-3-,8-6-,14-11+/t17-/m1/s1. The van der Waals surface area contributed by atoms with Crippen LogP contribution < -0.4 is 5.11 Å². The first kappa shape index (κ1) is 20.6. The van der Waals surface area contributed by atoms with Crippen LogP contribution >= 0.6 is 0 Å². The van der Waals surface area contributed by atoms with Crippen LogP contribution in [0.15, 0.2) is 36.5 Å². The lowest BCUT2D eigenvalue weighted by Gasteiger charge is -2.08. The van der Waals surface area contributed by atoms with Crippen LogP contribution in [0.2, 0.25) is 0 Å². The average Bonchev–Trinajstić information content (AvgIpc) is 2.50. The molecule has 0 aromatic rings. The van der Waals surface area contributed by atoms with E-state index in [1.165, 1.54) is 0 Å². The first-order valence-corrected chi connectivity index (χ1v) is 8.19. The SMILES string of the molecule is CC/C=C\C/C=C\C=C\[C@H](CCCCCCCC(=O)[O-])OO. The van der Waals surface area contributed by atoms with Crippen molar-refractivity contribution in [1.29, 1.82) is 0 Å². The van der Waals surface area contributed by atoms with Gasteiger partial charge in [0, 0.05) is 5.97 Å². The molecule has 0 saturated carbocycles. The number of hydrogen-bond donors (Lipinski definition) is 1. The number of rotatable bonds is 14. The van der Waals surface area contributed by atoms with Gasteiger partial charge in [-0.15, -0.1) is 0 Å². The predicted molar refractivity (Wildman–Crippen MR) is 87.2 cm³/mol. The molecular formula is C18H29O4-. The lowest BCUT2D eigenvalue weighted by molar-refractivity contribution is -0.305. The molecule has 0 saturated heterocycles. The Morgan fingerprint density at radius 1 is 1.09 bits per heavy atom. The van der Waals surface area contributed by atoms with E-state index < -0.39 is 5.97 Å². The van der Waals surface area contributed by atoms with E-state index in [1.54, 1.807) is 0 Å². The highest BCUT2D eigenvalue weighted by Crippen LogP contribution is 2.11. The van der Waals surface area contributed by atoms with Gasteiger partial charge in [-0.3, -0.25) is 5.26 Å². The summed E-state index contributed by atoms with van der Waals surface area (Å²) in [5.41, 5.74) is 0. The largest absolute Gasteiger partial charge is 0.550 e. The summed E-state index contributed by atoms with van der Waals surface area (Å²) < 4.78 is 0. The van der Waals surface area contributed by atoms with Crippen LogP contribution in [0.4, 0.5) is 0 Å². The van der Waals surface area contributed by atoms with Crippen molar-refractivity contribution in [2.45, 2.75) is 70.8 Å². The van der Waals surface area contributed by atoms with Crippen molar-refractivity contribution >= 4 is 5.97 Å². The molecule has 0 unspecified atom stereocenters. The molecule has 0 heterocycles. The highest BCUT2D eigenvalue weighted by Gasteiger charge is 2.03. The van der Waals surface area contributed by atoms with Gasteiger partial charge in [-0.2, -0.15) is 0 Å². The van der Waals surface area contributed by atoms with Gasteiger partial charge in [0.25, 0.3) is 0 Å². The third kappa shape index (κ3) is 15.0. The molecule has 0 spiro atoms. The Hall–Kier alpha value is -1.39. The molecule has 0 rings (SSSR count). The second-order valence-corrected chi connectivity index (χ2v) is 5.25. The van der Waals surface area contributed by atoms with Gasteiger partial charge in [-0.1, -0.05) is 69.1 Å². The van der Waals surface area contributed by atoms with Crippen LogP contribution in [0.3, 0.4) is 0 Å². The van der Waals surface area contributed by atoms with Gasteiger partial charge in [0.1, 0.15) is 6.10 Å². The number of carboxylic acids is 1. The van der Waals surface area contributed by atoms with Crippen LogP contribution in [0.5, 0.6) is 0 Å². The molecule has 0 aromatic carbocycles. The summed E-state index contributed by atoms with van der Waals surface area (Å²) in [6, 6.07) is 0. The van der Waals surface area contributed by atoms with Crippen LogP contribution in [-0.4, -0.2) is 17.3 Å². The molecule has 0 aromatic heterocycles. The minimum atomic E-state index is -0.975. The fourth-order valence-corrected chi connectivity index (χ4v) is 2.02. The van der Waals surface area contributed by atoms with Crippen LogP contribution in [0.1, 0.15) is 64.7 Å². The number of carbonyl (C=O) groups is 1. The van der Waals surface area contributed by atoms with E-state index >= 15 is 0 Å². The average molecular weight is 309 g/mol. The van der Waals surface area contributed by atoms with Crippen molar-refractivity contribution in [3.63, 3.8) is 0 Å². The van der Waals surface area contributed by atoms with E-state index in [2.05, 4.69) is 30.0 Å². The summed E-state index contributed by atoms with van der Waals surface area (Å²) in [4.78, 5) is 14.7. The maximum atomic E-state index is 10.2. The van der Waals surface area contributed by atoms with Gasteiger partial charge < -0.3 is 9.90 Å². The Kier molecular flexibility index (Phi) is 15.0. The second kappa shape index (κ2) is 16.0. The number of allylic oxidation sites excluding steroid dienone is 5. The van der Waals surface area contributed by atoms with Gasteiger partial charge in [-0.25, -0.2) is 4.89 Å². The zero-order valence-corrected chi connectivity index (χ0v) is 13.6. The molecular weight excluding hydrogens is 280 g/mol. The van der Waals surface area contributed by atoms with Crippen molar-refractivity contribution in [3.8, 4) is 0 Å². The van der Waals surface area contributed by atoms with Gasteiger partial charge >= 0.3 is 0 Å². The van der Waals surface area contributed by atoms with E-state index in [0.29, 0.717) is 6.42 Å². The maximum Gasteiger partial charge on any atom is 0.111 e. The van der Waals surface area contributed by atoms with Crippen molar-refractivity contribution < 1.29 is 20.0 Å².